The maximum Gasteiger partial charge on any atom is 0.426 e. The molecule has 0 radical (unpaired) electrons. The number of para-hydroxylation sites is 1. The lowest BCUT2D eigenvalue weighted by Crippen LogP contribution is -2.53. The highest BCUT2D eigenvalue weighted by Crippen LogP contribution is 2.09. The molecule has 0 saturated carbocycles. The van der Waals surface area contributed by atoms with E-state index in [9.17, 15) is 4.79 Å². The first kappa shape index (κ1) is 9.90. The minimum Gasteiger partial charge on any atom is -0.408 e. The summed E-state index contributed by atoms with van der Waals surface area (Å²) >= 11 is 0. The molecule has 0 saturated heterocycles. The van der Waals surface area contributed by atoms with E-state index < -0.39 is 0 Å². The van der Waals surface area contributed by atoms with Gasteiger partial charge in [0.15, 0.2) is 11.6 Å². The standard InChI is InChI=1S/C12H14NO2/c1-8(2)13-9(3)15-11-7-5-4-6-10(11)12(13)14/h4-8H,1-3H3/q+1. The average Bonchev–Trinajstić information content (AvgIpc) is 2.17. The highest BCUT2D eigenvalue weighted by Gasteiger charge is 2.20. The molecule has 15 heavy (non-hydrogen) atoms. The third-order valence-corrected chi connectivity index (χ3v) is 2.45. The summed E-state index contributed by atoms with van der Waals surface area (Å²) in [4.78, 5) is 12.1. The Morgan fingerprint density at radius 2 is 1.93 bits per heavy atom. The number of aryl methyl sites for hydroxylation is 1. The number of hydrogen-bond acceptors (Lipinski definition) is 2. The summed E-state index contributed by atoms with van der Waals surface area (Å²) < 4.78 is 7.27. The minimum absolute atomic E-state index is 0.0179. The summed E-state index contributed by atoms with van der Waals surface area (Å²) in [6, 6.07) is 7.43. The fourth-order valence-electron chi connectivity index (χ4n) is 1.81. The van der Waals surface area contributed by atoms with Crippen molar-refractivity contribution >= 4 is 11.0 Å². The largest absolute Gasteiger partial charge is 0.426 e. The Morgan fingerprint density at radius 1 is 1.27 bits per heavy atom. The lowest BCUT2D eigenvalue weighted by molar-refractivity contribution is -0.742. The number of hydrogen-bond donors (Lipinski definition) is 0. The van der Waals surface area contributed by atoms with Crippen LogP contribution in [0.3, 0.4) is 0 Å². The molecule has 2 aromatic rings. The Balaban J connectivity index is 2.91. The van der Waals surface area contributed by atoms with Crippen LogP contribution in [0.25, 0.3) is 11.0 Å². The number of benzene rings is 1. The molecule has 0 unspecified atom stereocenters. The van der Waals surface area contributed by atoms with E-state index in [1.54, 1.807) is 10.6 Å². The Labute approximate surface area is 88.0 Å². The smallest absolute Gasteiger partial charge is 0.408 e. The zero-order chi connectivity index (χ0) is 11.0. The van der Waals surface area contributed by atoms with E-state index in [1.807, 2.05) is 39.0 Å². The average molecular weight is 204 g/mol. The van der Waals surface area contributed by atoms with E-state index in [2.05, 4.69) is 0 Å². The molecule has 0 fully saturated rings. The van der Waals surface area contributed by atoms with Crippen molar-refractivity contribution in [2.24, 2.45) is 0 Å². The maximum atomic E-state index is 12.1. The molecule has 1 heterocycles. The molecule has 0 amide bonds. The van der Waals surface area contributed by atoms with Gasteiger partial charge in [0.25, 0.3) is 0 Å². The molecule has 1 aromatic carbocycles. The van der Waals surface area contributed by atoms with Gasteiger partial charge in [-0.05, 0) is 26.0 Å². The Morgan fingerprint density at radius 3 is 2.60 bits per heavy atom. The SMILES string of the molecule is Cc1oc2ccccc2c(=O)[n+]1C(C)C. The molecule has 3 nitrogen and oxygen atoms in total. The van der Waals surface area contributed by atoms with Crippen LogP contribution in [-0.2, 0) is 0 Å². The van der Waals surface area contributed by atoms with Crippen molar-refractivity contribution in [3.05, 3.63) is 40.5 Å². The lowest BCUT2D eigenvalue weighted by atomic mass is 10.2. The van der Waals surface area contributed by atoms with Crippen molar-refractivity contribution in [2.45, 2.75) is 26.8 Å². The van der Waals surface area contributed by atoms with Gasteiger partial charge >= 0.3 is 11.4 Å². The zero-order valence-corrected chi connectivity index (χ0v) is 9.15. The number of nitrogens with zero attached hydrogens (tertiary/aromatic N) is 1. The lowest BCUT2D eigenvalue weighted by Gasteiger charge is -2.02. The van der Waals surface area contributed by atoms with Gasteiger partial charge in [0.2, 0.25) is 0 Å². The van der Waals surface area contributed by atoms with Crippen LogP contribution in [0.4, 0.5) is 0 Å². The predicted molar refractivity (Wildman–Crippen MR) is 57.8 cm³/mol. The number of fused-ring (bicyclic) bond motifs is 1. The molecule has 78 valence electrons. The van der Waals surface area contributed by atoms with Gasteiger partial charge < -0.3 is 4.42 Å². The Hall–Kier alpha value is -1.64. The molecule has 3 heteroatoms. The predicted octanol–water partition coefficient (Wildman–Crippen LogP) is 1.97. The number of aromatic nitrogens is 1. The molecule has 0 aliphatic heterocycles. The van der Waals surface area contributed by atoms with E-state index in [1.165, 1.54) is 0 Å². The van der Waals surface area contributed by atoms with Crippen LogP contribution in [0, 0.1) is 6.92 Å². The van der Waals surface area contributed by atoms with Crippen molar-refractivity contribution in [3.8, 4) is 0 Å². The molecule has 1 aromatic heterocycles. The van der Waals surface area contributed by atoms with Crippen molar-refractivity contribution in [3.63, 3.8) is 0 Å². The van der Waals surface area contributed by atoms with Gasteiger partial charge in [-0.3, -0.25) is 0 Å². The first-order valence-electron chi connectivity index (χ1n) is 5.05. The first-order chi connectivity index (χ1) is 7.11. The Kier molecular flexibility index (Phi) is 2.31. The zero-order valence-electron chi connectivity index (χ0n) is 9.15. The summed E-state index contributed by atoms with van der Waals surface area (Å²) in [6.07, 6.45) is 0. The van der Waals surface area contributed by atoms with Gasteiger partial charge in [0.05, 0.1) is 6.92 Å². The molecule has 0 atom stereocenters. The van der Waals surface area contributed by atoms with Gasteiger partial charge in [0, 0.05) is 0 Å². The highest BCUT2D eigenvalue weighted by molar-refractivity contribution is 5.74. The van der Waals surface area contributed by atoms with Crippen LogP contribution in [0.5, 0.6) is 0 Å². The molecular formula is C12H14NO2+. The minimum atomic E-state index is 0.0179. The van der Waals surface area contributed by atoms with Crippen molar-refractivity contribution in [2.75, 3.05) is 0 Å². The first-order valence-corrected chi connectivity index (χ1v) is 5.05. The van der Waals surface area contributed by atoms with Crippen LogP contribution in [0.1, 0.15) is 25.8 Å². The van der Waals surface area contributed by atoms with E-state index in [-0.39, 0.29) is 11.6 Å². The van der Waals surface area contributed by atoms with Crippen LogP contribution in [0.2, 0.25) is 0 Å². The summed E-state index contributed by atoms with van der Waals surface area (Å²) in [7, 11) is 0. The molecule has 0 N–H and O–H groups in total. The quantitative estimate of drug-likeness (QED) is 0.665. The summed E-state index contributed by atoms with van der Waals surface area (Å²) in [5.74, 6) is 0.647. The summed E-state index contributed by atoms with van der Waals surface area (Å²) in [6.45, 7) is 5.76. The summed E-state index contributed by atoms with van der Waals surface area (Å²) in [5, 5.41) is 0.636. The molecule has 0 aliphatic rings. The van der Waals surface area contributed by atoms with E-state index in [0.717, 1.165) is 0 Å². The number of rotatable bonds is 1. The van der Waals surface area contributed by atoms with Gasteiger partial charge in [-0.25, -0.2) is 4.79 Å². The molecule has 0 aliphatic carbocycles. The van der Waals surface area contributed by atoms with Gasteiger partial charge in [-0.2, -0.15) is 0 Å². The van der Waals surface area contributed by atoms with Gasteiger partial charge in [0.1, 0.15) is 5.39 Å². The van der Waals surface area contributed by atoms with Crippen LogP contribution in [0.15, 0.2) is 33.5 Å². The summed E-state index contributed by atoms with van der Waals surface area (Å²) in [5.41, 5.74) is 0.668. The molecular weight excluding hydrogens is 190 g/mol. The van der Waals surface area contributed by atoms with Crippen LogP contribution < -0.4 is 10.1 Å². The van der Waals surface area contributed by atoms with Crippen LogP contribution >= 0.6 is 0 Å². The second kappa shape index (κ2) is 3.50. The second-order valence-corrected chi connectivity index (χ2v) is 3.89. The van der Waals surface area contributed by atoms with Crippen molar-refractivity contribution in [1.82, 2.24) is 0 Å². The molecule has 0 spiro atoms. The maximum absolute atomic E-state index is 12.1. The van der Waals surface area contributed by atoms with Gasteiger partial charge in [-0.1, -0.05) is 12.1 Å². The molecule has 2 rings (SSSR count). The van der Waals surface area contributed by atoms with Crippen molar-refractivity contribution in [1.29, 1.82) is 0 Å². The second-order valence-electron chi connectivity index (χ2n) is 3.89. The monoisotopic (exact) mass is 204 g/mol. The Bertz CT molecular complexity index is 555. The fourth-order valence-corrected chi connectivity index (χ4v) is 1.81. The van der Waals surface area contributed by atoms with E-state index in [0.29, 0.717) is 16.9 Å². The van der Waals surface area contributed by atoms with Crippen molar-refractivity contribution < 1.29 is 8.98 Å². The topological polar surface area (TPSA) is 34.1 Å². The van der Waals surface area contributed by atoms with E-state index >= 15 is 0 Å². The molecule has 0 bridgehead atoms. The normalized spacial score (nSPS) is 11.2. The fraction of sp³-hybridized carbons (Fsp3) is 0.333. The highest BCUT2D eigenvalue weighted by atomic mass is 16.3. The van der Waals surface area contributed by atoms with Gasteiger partial charge in [-0.15, -0.1) is 4.57 Å². The third-order valence-electron chi connectivity index (χ3n) is 2.45. The van der Waals surface area contributed by atoms with E-state index in [4.69, 9.17) is 4.42 Å². The van der Waals surface area contributed by atoms with Crippen LogP contribution in [-0.4, -0.2) is 0 Å². The third kappa shape index (κ3) is 1.54.